The molecule has 5 heteroatoms. The van der Waals surface area contributed by atoms with Crippen molar-refractivity contribution in [1.29, 1.82) is 0 Å². The monoisotopic (exact) mass is 284 g/mol. The Morgan fingerprint density at radius 2 is 1.68 bits per heavy atom. The van der Waals surface area contributed by atoms with Gasteiger partial charge in [0, 0.05) is 0 Å². The Morgan fingerprint density at radius 3 is 2.21 bits per heavy atom. The van der Waals surface area contributed by atoms with Crippen LogP contribution in [0.5, 0.6) is 0 Å². The summed E-state index contributed by atoms with van der Waals surface area (Å²) in [7, 11) is -3.45. The highest BCUT2D eigenvalue weighted by Crippen LogP contribution is 2.49. The average Bonchev–Trinajstić information content (AvgIpc) is 2.39. The normalized spacial score (nSPS) is 11.5. The molecule has 0 saturated heterocycles. The van der Waals surface area contributed by atoms with Crippen LogP contribution in [0, 0.1) is 0 Å². The maximum Gasteiger partial charge on any atom is 0.475 e. The molecule has 0 spiro atoms. The molecular formula is C14H21O4P. The number of phosphoric acid groups is 1. The van der Waals surface area contributed by atoms with Gasteiger partial charge in [0.05, 0.1) is 19.8 Å². The van der Waals surface area contributed by atoms with E-state index in [-0.39, 0.29) is 19.8 Å². The Hall–Kier alpha value is -0.930. The van der Waals surface area contributed by atoms with Gasteiger partial charge in [-0.15, -0.1) is 6.58 Å². The van der Waals surface area contributed by atoms with E-state index in [2.05, 4.69) is 6.58 Å². The van der Waals surface area contributed by atoms with Crippen molar-refractivity contribution >= 4 is 7.82 Å². The number of phosphoric ester groups is 1. The zero-order valence-electron chi connectivity index (χ0n) is 11.5. The summed E-state index contributed by atoms with van der Waals surface area (Å²) in [5.74, 6) is 0. The zero-order chi connectivity index (χ0) is 14.1. The topological polar surface area (TPSA) is 44.8 Å². The van der Waals surface area contributed by atoms with Crippen molar-refractivity contribution in [2.75, 3.05) is 13.2 Å². The summed E-state index contributed by atoms with van der Waals surface area (Å²) in [5.41, 5.74) is 2.05. The summed E-state index contributed by atoms with van der Waals surface area (Å²) in [5, 5.41) is 0. The van der Waals surface area contributed by atoms with Crippen LogP contribution in [0.4, 0.5) is 0 Å². The van der Waals surface area contributed by atoms with Crippen LogP contribution in [0.1, 0.15) is 25.0 Å². The SMILES string of the molecule is C=CCc1ccccc1COP(=O)(OCC)OCC. The molecule has 4 nitrogen and oxygen atoms in total. The Balaban J connectivity index is 2.73. The molecule has 0 atom stereocenters. The molecule has 0 aliphatic carbocycles. The molecule has 0 aliphatic heterocycles. The lowest BCUT2D eigenvalue weighted by molar-refractivity contribution is 0.116. The quantitative estimate of drug-likeness (QED) is 0.505. The first-order chi connectivity index (χ1) is 9.15. The third kappa shape index (κ3) is 5.29. The smallest absolute Gasteiger partial charge is 0.287 e. The average molecular weight is 284 g/mol. The molecular weight excluding hydrogens is 263 g/mol. The fraction of sp³-hybridized carbons (Fsp3) is 0.429. The molecule has 1 rings (SSSR count). The molecule has 0 fully saturated rings. The van der Waals surface area contributed by atoms with E-state index in [4.69, 9.17) is 13.6 Å². The fourth-order valence-corrected chi connectivity index (χ4v) is 2.78. The second-order valence-corrected chi connectivity index (χ2v) is 5.49. The van der Waals surface area contributed by atoms with Crippen molar-refractivity contribution in [3.63, 3.8) is 0 Å². The molecule has 0 amide bonds. The maximum absolute atomic E-state index is 12.2. The lowest BCUT2D eigenvalue weighted by Gasteiger charge is -2.17. The van der Waals surface area contributed by atoms with E-state index < -0.39 is 7.82 Å². The maximum atomic E-state index is 12.2. The molecule has 0 N–H and O–H groups in total. The zero-order valence-corrected chi connectivity index (χ0v) is 12.4. The first-order valence-corrected chi connectivity index (χ1v) is 7.82. The van der Waals surface area contributed by atoms with Gasteiger partial charge in [0.15, 0.2) is 0 Å². The van der Waals surface area contributed by atoms with E-state index in [0.29, 0.717) is 0 Å². The van der Waals surface area contributed by atoms with Gasteiger partial charge in [0.2, 0.25) is 0 Å². The van der Waals surface area contributed by atoms with Gasteiger partial charge in [-0.3, -0.25) is 13.6 Å². The molecule has 0 saturated carbocycles. The fourth-order valence-electron chi connectivity index (χ4n) is 1.63. The van der Waals surface area contributed by atoms with Crippen molar-refractivity contribution < 1.29 is 18.1 Å². The second kappa shape index (κ2) is 8.28. The van der Waals surface area contributed by atoms with Crippen molar-refractivity contribution in [2.24, 2.45) is 0 Å². The van der Waals surface area contributed by atoms with E-state index in [1.165, 1.54) is 0 Å². The first-order valence-electron chi connectivity index (χ1n) is 6.36. The van der Waals surface area contributed by atoms with E-state index in [1.54, 1.807) is 13.8 Å². The highest BCUT2D eigenvalue weighted by molar-refractivity contribution is 7.48. The predicted molar refractivity (Wildman–Crippen MR) is 76.0 cm³/mol. The lowest BCUT2D eigenvalue weighted by atomic mass is 10.1. The van der Waals surface area contributed by atoms with Crippen LogP contribution in [0.3, 0.4) is 0 Å². The van der Waals surface area contributed by atoms with E-state index in [1.807, 2.05) is 30.3 Å². The van der Waals surface area contributed by atoms with Gasteiger partial charge in [0.25, 0.3) is 0 Å². The second-order valence-electron chi connectivity index (χ2n) is 3.82. The Bertz CT molecular complexity index is 435. The minimum absolute atomic E-state index is 0.196. The molecule has 1 aromatic rings. The van der Waals surface area contributed by atoms with Crippen molar-refractivity contribution in [3.05, 3.63) is 48.0 Å². The van der Waals surface area contributed by atoms with Crippen LogP contribution in [-0.4, -0.2) is 13.2 Å². The van der Waals surface area contributed by atoms with Crippen LogP contribution in [-0.2, 0) is 31.2 Å². The van der Waals surface area contributed by atoms with Gasteiger partial charge in [-0.25, -0.2) is 4.57 Å². The Kier molecular flexibility index (Phi) is 7.03. The highest BCUT2D eigenvalue weighted by atomic mass is 31.2. The largest absolute Gasteiger partial charge is 0.475 e. The van der Waals surface area contributed by atoms with Crippen LogP contribution in [0.15, 0.2) is 36.9 Å². The van der Waals surface area contributed by atoms with E-state index in [9.17, 15) is 4.57 Å². The highest BCUT2D eigenvalue weighted by Gasteiger charge is 2.25. The summed E-state index contributed by atoms with van der Waals surface area (Å²) in [6.07, 6.45) is 2.57. The minimum Gasteiger partial charge on any atom is -0.287 e. The van der Waals surface area contributed by atoms with E-state index >= 15 is 0 Å². The summed E-state index contributed by atoms with van der Waals surface area (Å²) in [4.78, 5) is 0. The first kappa shape index (κ1) is 16.1. The van der Waals surface area contributed by atoms with E-state index in [0.717, 1.165) is 17.5 Å². The van der Waals surface area contributed by atoms with Crippen LogP contribution < -0.4 is 0 Å². The molecule has 0 aromatic heterocycles. The third-order valence-electron chi connectivity index (χ3n) is 2.44. The van der Waals surface area contributed by atoms with Crippen molar-refractivity contribution in [1.82, 2.24) is 0 Å². The number of benzene rings is 1. The van der Waals surface area contributed by atoms with Gasteiger partial charge >= 0.3 is 7.82 Å². The van der Waals surface area contributed by atoms with Crippen molar-refractivity contribution in [3.8, 4) is 0 Å². The summed E-state index contributed by atoms with van der Waals surface area (Å²) in [6, 6.07) is 7.79. The van der Waals surface area contributed by atoms with Crippen LogP contribution in [0.25, 0.3) is 0 Å². The Morgan fingerprint density at radius 1 is 1.11 bits per heavy atom. The summed E-state index contributed by atoms with van der Waals surface area (Å²) in [6.45, 7) is 7.98. The number of allylic oxidation sites excluding steroid dienone is 1. The lowest BCUT2D eigenvalue weighted by Crippen LogP contribution is -2.02. The summed E-state index contributed by atoms with van der Waals surface area (Å²) >= 11 is 0. The van der Waals surface area contributed by atoms with Gasteiger partial charge < -0.3 is 0 Å². The molecule has 0 heterocycles. The van der Waals surface area contributed by atoms with Gasteiger partial charge in [-0.2, -0.15) is 0 Å². The molecule has 0 bridgehead atoms. The number of hydrogen-bond donors (Lipinski definition) is 0. The molecule has 106 valence electrons. The number of rotatable bonds is 9. The standard InChI is InChI=1S/C14H21O4P/c1-4-9-13-10-7-8-11-14(13)12-18-19(15,16-5-2)17-6-3/h4,7-8,10-11H,1,5-6,9,12H2,2-3H3. The molecule has 0 aliphatic rings. The van der Waals surface area contributed by atoms with Gasteiger partial charge in [-0.1, -0.05) is 30.3 Å². The van der Waals surface area contributed by atoms with Gasteiger partial charge in [-0.05, 0) is 31.4 Å². The molecule has 19 heavy (non-hydrogen) atoms. The van der Waals surface area contributed by atoms with Gasteiger partial charge in [0.1, 0.15) is 0 Å². The summed E-state index contributed by atoms with van der Waals surface area (Å²) < 4.78 is 27.7. The third-order valence-corrected chi connectivity index (χ3v) is 4.03. The van der Waals surface area contributed by atoms with Crippen molar-refractivity contribution in [2.45, 2.75) is 26.9 Å². The molecule has 0 radical (unpaired) electrons. The minimum atomic E-state index is -3.45. The number of hydrogen-bond acceptors (Lipinski definition) is 4. The predicted octanol–water partition coefficient (Wildman–Crippen LogP) is 4.11. The molecule has 0 unspecified atom stereocenters. The molecule has 1 aromatic carbocycles. The van der Waals surface area contributed by atoms with Crippen LogP contribution >= 0.6 is 7.82 Å². The Labute approximate surface area is 115 Å². The van der Waals surface area contributed by atoms with Crippen LogP contribution in [0.2, 0.25) is 0 Å².